The van der Waals surface area contributed by atoms with Gasteiger partial charge in [0.05, 0.1) is 24.1 Å². The average Bonchev–Trinajstić information content (AvgIpc) is 2.82. The van der Waals surface area contributed by atoms with Gasteiger partial charge in [-0.1, -0.05) is 6.07 Å². The number of amides is 4. The summed E-state index contributed by atoms with van der Waals surface area (Å²) in [6, 6.07) is 9.58. The van der Waals surface area contributed by atoms with Crippen molar-refractivity contribution in [1.82, 2.24) is 10.2 Å². The molecule has 2 aliphatic rings. The van der Waals surface area contributed by atoms with Crippen molar-refractivity contribution in [3.05, 3.63) is 53.8 Å². The molecule has 3 N–H and O–H groups in total. The van der Waals surface area contributed by atoms with Gasteiger partial charge in [0.25, 0.3) is 5.91 Å². The maximum atomic E-state index is 13.4. The Kier molecular flexibility index (Phi) is 7.50. The van der Waals surface area contributed by atoms with E-state index in [0.29, 0.717) is 42.1 Å². The third-order valence-corrected chi connectivity index (χ3v) is 6.14. The molecule has 186 valence electrons. The fourth-order valence-electron chi connectivity index (χ4n) is 4.44. The number of nitrogens with zero attached hydrogens (tertiary/aromatic N) is 1. The van der Waals surface area contributed by atoms with Crippen LogP contribution < -0.4 is 20.7 Å². The first-order valence-corrected chi connectivity index (χ1v) is 11.6. The molecule has 2 aromatic carbocycles. The van der Waals surface area contributed by atoms with E-state index in [0.717, 1.165) is 0 Å². The summed E-state index contributed by atoms with van der Waals surface area (Å²) in [4.78, 5) is 39.3. The Bertz CT molecular complexity index is 1110. The minimum Gasteiger partial charge on any atom is -0.490 e. The van der Waals surface area contributed by atoms with Crippen LogP contribution in [0.15, 0.2) is 42.5 Å². The number of ether oxygens (including phenoxy) is 2. The molecule has 0 bridgehead atoms. The maximum absolute atomic E-state index is 13.4. The van der Waals surface area contributed by atoms with Gasteiger partial charge in [-0.15, -0.1) is 0 Å². The van der Waals surface area contributed by atoms with E-state index in [1.54, 1.807) is 36.2 Å². The van der Waals surface area contributed by atoms with E-state index in [2.05, 4.69) is 16.0 Å². The molecule has 0 radical (unpaired) electrons. The van der Waals surface area contributed by atoms with Crippen LogP contribution in [0, 0.1) is 5.82 Å². The molecule has 10 heteroatoms. The van der Waals surface area contributed by atoms with Crippen molar-refractivity contribution >= 4 is 29.2 Å². The van der Waals surface area contributed by atoms with E-state index >= 15 is 0 Å². The molecule has 3 atom stereocenters. The van der Waals surface area contributed by atoms with Crippen molar-refractivity contribution < 1.29 is 28.2 Å². The van der Waals surface area contributed by atoms with Crippen LogP contribution in [0.2, 0.25) is 0 Å². The van der Waals surface area contributed by atoms with Crippen molar-refractivity contribution in [2.24, 2.45) is 0 Å². The first kappa shape index (κ1) is 24.5. The van der Waals surface area contributed by atoms with E-state index in [1.165, 1.54) is 18.2 Å². The summed E-state index contributed by atoms with van der Waals surface area (Å²) in [6.45, 7) is 2.67. The lowest BCUT2D eigenvalue weighted by Crippen LogP contribution is -2.54. The van der Waals surface area contributed by atoms with Gasteiger partial charge in [0.2, 0.25) is 5.91 Å². The van der Waals surface area contributed by atoms with Crippen LogP contribution in [-0.4, -0.2) is 61.2 Å². The number of hydrogen-bond acceptors (Lipinski definition) is 5. The molecule has 0 aliphatic carbocycles. The first-order chi connectivity index (χ1) is 16.8. The number of carbonyl (C=O) groups is 3. The summed E-state index contributed by atoms with van der Waals surface area (Å²) in [7, 11) is 1.72. The number of anilines is 2. The van der Waals surface area contributed by atoms with Crippen LogP contribution in [0.25, 0.3) is 0 Å². The van der Waals surface area contributed by atoms with Gasteiger partial charge in [-0.25, -0.2) is 9.18 Å². The molecule has 2 aromatic rings. The van der Waals surface area contributed by atoms with Gasteiger partial charge in [0.1, 0.15) is 24.3 Å². The van der Waals surface area contributed by atoms with Gasteiger partial charge < -0.3 is 30.3 Å². The van der Waals surface area contributed by atoms with Gasteiger partial charge >= 0.3 is 6.03 Å². The number of fused-ring (bicyclic) bond motifs is 2. The maximum Gasteiger partial charge on any atom is 0.323 e. The Labute approximate surface area is 203 Å². The zero-order valence-corrected chi connectivity index (χ0v) is 19.7. The number of nitrogens with one attached hydrogen (secondary N) is 3. The van der Waals surface area contributed by atoms with Crippen molar-refractivity contribution in [2.75, 3.05) is 30.8 Å². The highest BCUT2D eigenvalue weighted by Crippen LogP contribution is 2.32. The summed E-state index contributed by atoms with van der Waals surface area (Å²) >= 11 is 0. The Morgan fingerprint density at radius 2 is 1.89 bits per heavy atom. The highest BCUT2D eigenvalue weighted by Gasteiger charge is 2.39. The van der Waals surface area contributed by atoms with Gasteiger partial charge in [-0.3, -0.25) is 9.59 Å². The second-order valence-electron chi connectivity index (χ2n) is 8.63. The van der Waals surface area contributed by atoms with Gasteiger partial charge in [-0.2, -0.15) is 0 Å². The molecule has 4 amide bonds. The minimum atomic E-state index is -0.568. The first-order valence-electron chi connectivity index (χ1n) is 11.6. The lowest BCUT2D eigenvalue weighted by atomic mass is 9.94. The number of benzene rings is 2. The van der Waals surface area contributed by atoms with Gasteiger partial charge in [0, 0.05) is 25.0 Å². The van der Waals surface area contributed by atoms with Crippen molar-refractivity contribution in [3.8, 4) is 5.75 Å². The molecule has 2 heterocycles. The van der Waals surface area contributed by atoms with Crippen LogP contribution in [-0.2, 0) is 9.53 Å². The normalized spacial score (nSPS) is 21.5. The Hall–Kier alpha value is -3.66. The highest BCUT2D eigenvalue weighted by atomic mass is 19.1. The van der Waals surface area contributed by atoms with E-state index < -0.39 is 11.8 Å². The zero-order valence-electron chi connectivity index (χ0n) is 19.7. The monoisotopic (exact) mass is 484 g/mol. The number of halogens is 1. The SMILES string of the molecule is CCNC(=O)C[C@H]1CC[C@@H]2[C@H](COc3ccc(NC(=O)Nc4cccc(F)c4)cc3C(=O)N2C)O1. The smallest absolute Gasteiger partial charge is 0.323 e. The largest absolute Gasteiger partial charge is 0.490 e. The van der Waals surface area contributed by atoms with E-state index in [4.69, 9.17) is 9.47 Å². The molecule has 1 saturated heterocycles. The molecule has 0 spiro atoms. The van der Waals surface area contributed by atoms with Crippen LogP contribution in [0.5, 0.6) is 5.75 Å². The molecule has 2 aliphatic heterocycles. The standard InChI is InChI=1S/C25H29FN4O5/c1-3-27-23(31)13-18-8-9-20-22(35-18)14-34-21-10-7-17(12-19(21)24(32)30(20)2)29-25(33)28-16-6-4-5-15(26)11-16/h4-7,10-12,18,20,22H,3,8-9,13-14H2,1-2H3,(H,27,31)(H2,28,29,33)/t18-,20-,22+/m1/s1. The summed E-state index contributed by atoms with van der Waals surface area (Å²) in [5.41, 5.74) is 1.02. The molecular weight excluding hydrogens is 455 g/mol. The summed E-state index contributed by atoms with van der Waals surface area (Å²) < 4.78 is 25.4. The van der Waals surface area contributed by atoms with Crippen LogP contribution in [0.1, 0.15) is 36.5 Å². The topological polar surface area (TPSA) is 109 Å². The highest BCUT2D eigenvalue weighted by molar-refractivity contribution is 6.02. The Morgan fingerprint density at radius 3 is 2.63 bits per heavy atom. The predicted octanol–water partition coefficient (Wildman–Crippen LogP) is 3.38. The van der Waals surface area contributed by atoms with Gasteiger partial charge in [-0.05, 0) is 56.2 Å². The van der Waals surface area contributed by atoms with Crippen LogP contribution >= 0.6 is 0 Å². The fourth-order valence-corrected chi connectivity index (χ4v) is 4.44. The summed E-state index contributed by atoms with van der Waals surface area (Å²) in [5, 5.41) is 8.00. The Balaban J connectivity index is 1.45. The molecule has 1 fully saturated rings. The lowest BCUT2D eigenvalue weighted by Gasteiger charge is -2.42. The number of urea groups is 1. The average molecular weight is 485 g/mol. The van der Waals surface area contributed by atoms with Crippen LogP contribution in [0.4, 0.5) is 20.6 Å². The third kappa shape index (κ3) is 5.89. The van der Waals surface area contributed by atoms with E-state index in [1.807, 2.05) is 6.92 Å². The number of hydrogen-bond donors (Lipinski definition) is 3. The number of likely N-dealkylation sites (N-methyl/N-ethyl adjacent to an activating group) is 1. The number of carbonyl (C=O) groups excluding carboxylic acids is 3. The summed E-state index contributed by atoms with van der Waals surface area (Å²) in [5.74, 6) is -0.394. The molecule has 0 saturated carbocycles. The molecule has 0 aromatic heterocycles. The summed E-state index contributed by atoms with van der Waals surface area (Å²) in [6.07, 6.45) is 1.03. The number of rotatable bonds is 5. The van der Waals surface area contributed by atoms with Crippen molar-refractivity contribution in [2.45, 2.75) is 44.4 Å². The van der Waals surface area contributed by atoms with E-state index in [9.17, 15) is 18.8 Å². The van der Waals surface area contributed by atoms with Crippen molar-refractivity contribution in [3.63, 3.8) is 0 Å². The molecule has 9 nitrogen and oxygen atoms in total. The molecule has 0 unspecified atom stereocenters. The molecule has 4 rings (SSSR count). The minimum absolute atomic E-state index is 0.0565. The molecular formula is C25H29FN4O5. The second-order valence-corrected chi connectivity index (χ2v) is 8.63. The zero-order chi connectivity index (χ0) is 24.9. The van der Waals surface area contributed by atoms with Crippen LogP contribution in [0.3, 0.4) is 0 Å². The lowest BCUT2D eigenvalue weighted by molar-refractivity contribution is -0.133. The van der Waals surface area contributed by atoms with E-state index in [-0.39, 0.29) is 43.1 Å². The fraction of sp³-hybridized carbons (Fsp3) is 0.400. The second kappa shape index (κ2) is 10.7. The van der Waals surface area contributed by atoms with Crippen molar-refractivity contribution in [1.29, 1.82) is 0 Å². The third-order valence-electron chi connectivity index (χ3n) is 6.14. The Morgan fingerprint density at radius 1 is 1.11 bits per heavy atom. The quantitative estimate of drug-likeness (QED) is 0.603. The molecule has 35 heavy (non-hydrogen) atoms. The van der Waals surface area contributed by atoms with Gasteiger partial charge in [0.15, 0.2) is 0 Å². The predicted molar refractivity (Wildman–Crippen MR) is 128 cm³/mol.